The van der Waals surface area contributed by atoms with Crippen molar-refractivity contribution < 1.29 is 4.79 Å². The van der Waals surface area contributed by atoms with Crippen LogP contribution in [0.1, 0.15) is 30.4 Å². The number of thiophene rings is 1. The minimum atomic E-state index is -0.354. The molecule has 0 radical (unpaired) electrons. The van der Waals surface area contributed by atoms with Crippen molar-refractivity contribution in [2.45, 2.75) is 26.3 Å². The van der Waals surface area contributed by atoms with Crippen LogP contribution in [0.2, 0.25) is 0 Å². The third-order valence-electron chi connectivity index (χ3n) is 2.89. The second-order valence-electron chi connectivity index (χ2n) is 4.36. The Hall–Kier alpha value is -0.100. The molecule has 1 atom stereocenters. The quantitative estimate of drug-likeness (QED) is 0.884. The summed E-state index contributed by atoms with van der Waals surface area (Å²) < 4.78 is 0.932. The van der Waals surface area contributed by atoms with Crippen molar-refractivity contribution in [3.8, 4) is 0 Å². The van der Waals surface area contributed by atoms with Crippen LogP contribution in [-0.2, 0) is 0 Å². The van der Waals surface area contributed by atoms with Gasteiger partial charge in [-0.3, -0.25) is 4.79 Å². The summed E-state index contributed by atoms with van der Waals surface area (Å²) >= 11 is 4.75. The lowest BCUT2D eigenvalue weighted by molar-refractivity contribution is 0.0887. The minimum Gasteiger partial charge on any atom is -0.345 e. The van der Waals surface area contributed by atoms with Crippen molar-refractivity contribution in [3.63, 3.8) is 0 Å². The predicted molar refractivity (Wildman–Crippen MR) is 79.0 cm³/mol. The number of halogens is 2. The second kappa shape index (κ2) is 6.73. The fourth-order valence-corrected chi connectivity index (χ4v) is 2.51. The monoisotopic (exact) mass is 340 g/mol. The average Bonchev–Trinajstić information content (AvgIpc) is 2.64. The van der Waals surface area contributed by atoms with Crippen LogP contribution in [0.3, 0.4) is 0 Å². The Kier molecular flexibility index (Phi) is 6.69. The van der Waals surface area contributed by atoms with Gasteiger partial charge in [0.1, 0.15) is 0 Å². The molecular formula is C11H18BrClN2OS. The highest BCUT2D eigenvalue weighted by atomic mass is 79.9. The van der Waals surface area contributed by atoms with Gasteiger partial charge in [0.05, 0.1) is 10.4 Å². The molecule has 0 aliphatic heterocycles. The van der Waals surface area contributed by atoms with Crippen molar-refractivity contribution in [1.82, 2.24) is 5.32 Å². The van der Waals surface area contributed by atoms with Crippen LogP contribution in [0.25, 0.3) is 0 Å². The number of carbonyl (C=O) groups excluding carboxylic acids is 1. The minimum absolute atomic E-state index is 0. The van der Waals surface area contributed by atoms with Gasteiger partial charge < -0.3 is 11.1 Å². The molecule has 1 unspecified atom stereocenters. The van der Waals surface area contributed by atoms with Gasteiger partial charge in [-0.25, -0.2) is 0 Å². The van der Waals surface area contributed by atoms with Crippen LogP contribution in [0.4, 0.5) is 0 Å². The van der Waals surface area contributed by atoms with Crippen LogP contribution >= 0.6 is 39.7 Å². The van der Waals surface area contributed by atoms with Crippen molar-refractivity contribution in [2.75, 3.05) is 6.54 Å². The third kappa shape index (κ3) is 4.25. The summed E-state index contributed by atoms with van der Waals surface area (Å²) in [6.07, 6.45) is 0. The Balaban J connectivity index is 0.00000256. The highest BCUT2D eigenvalue weighted by Gasteiger charge is 2.29. The van der Waals surface area contributed by atoms with Gasteiger partial charge in [-0.1, -0.05) is 13.8 Å². The topological polar surface area (TPSA) is 55.1 Å². The molecule has 6 heteroatoms. The summed E-state index contributed by atoms with van der Waals surface area (Å²) in [6, 6.07) is 1.82. The zero-order valence-corrected chi connectivity index (χ0v) is 13.3. The molecule has 3 nitrogen and oxygen atoms in total. The first kappa shape index (κ1) is 16.9. The molecule has 17 heavy (non-hydrogen) atoms. The number of carbonyl (C=O) groups is 1. The van der Waals surface area contributed by atoms with Crippen LogP contribution in [0.5, 0.6) is 0 Å². The van der Waals surface area contributed by atoms with E-state index in [0.717, 1.165) is 4.47 Å². The highest BCUT2D eigenvalue weighted by molar-refractivity contribution is 9.10. The molecule has 3 N–H and O–H groups in total. The summed E-state index contributed by atoms with van der Waals surface area (Å²) in [5.74, 6) is 0.238. The summed E-state index contributed by atoms with van der Waals surface area (Å²) in [5, 5.41) is 4.89. The zero-order valence-electron chi connectivity index (χ0n) is 10.1. The maximum absolute atomic E-state index is 12.0. The van der Waals surface area contributed by atoms with E-state index >= 15 is 0 Å². The number of nitrogens with one attached hydrogen (secondary N) is 1. The lowest BCUT2D eigenvalue weighted by Crippen LogP contribution is -2.54. The van der Waals surface area contributed by atoms with Gasteiger partial charge in [0.25, 0.3) is 5.91 Å². The first-order chi connectivity index (χ1) is 7.39. The van der Waals surface area contributed by atoms with Gasteiger partial charge in [0.15, 0.2) is 0 Å². The lowest BCUT2D eigenvalue weighted by Gasteiger charge is -2.33. The molecular weight excluding hydrogens is 324 g/mol. The molecule has 1 aromatic heterocycles. The van der Waals surface area contributed by atoms with Crippen LogP contribution in [0, 0.1) is 5.92 Å². The van der Waals surface area contributed by atoms with E-state index in [9.17, 15) is 4.79 Å². The Bertz CT molecular complexity index is 383. The van der Waals surface area contributed by atoms with Gasteiger partial charge in [-0.05, 0) is 34.8 Å². The second-order valence-corrected chi connectivity index (χ2v) is 6.19. The van der Waals surface area contributed by atoms with E-state index in [4.69, 9.17) is 5.73 Å². The molecule has 0 fully saturated rings. The molecule has 0 saturated heterocycles. The number of rotatable bonds is 4. The van der Waals surface area contributed by atoms with E-state index < -0.39 is 0 Å². The lowest BCUT2D eigenvalue weighted by atomic mass is 9.88. The Morgan fingerprint density at radius 3 is 2.59 bits per heavy atom. The van der Waals surface area contributed by atoms with E-state index in [-0.39, 0.29) is 23.9 Å². The van der Waals surface area contributed by atoms with Gasteiger partial charge in [0.2, 0.25) is 0 Å². The Morgan fingerprint density at radius 2 is 2.24 bits per heavy atom. The zero-order chi connectivity index (χ0) is 12.3. The molecule has 1 amide bonds. The first-order valence-corrected chi connectivity index (χ1v) is 6.83. The maximum Gasteiger partial charge on any atom is 0.261 e. The van der Waals surface area contributed by atoms with E-state index in [2.05, 4.69) is 35.1 Å². The molecule has 1 aromatic rings. The largest absolute Gasteiger partial charge is 0.345 e. The van der Waals surface area contributed by atoms with Crippen LogP contribution < -0.4 is 11.1 Å². The molecule has 0 saturated carbocycles. The molecule has 0 bridgehead atoms. The van der Waals surface area contributed by atoms with Gasteiger partial charge >= 0.3 is 0 Å². The Labute approximate surface area is 121 Å². The summed E-state index contributed by atoms with van der Waals surface area (Å²) in [6.45, 7) is 6.51. The van der Waals surface area contributed by atoms with Crippen LogP contribution in [0.15, 0.2) is 15.9 Å². The summed E-state index contributed by atoms with van der Waals surface area (Å²) in [7, 11) is 0. The van der Waals surface area contributed by atoms with Gasteiger partial charge in [-0.2, -0.15) is 0 Å². The predicted octanol–water partition coefficient (Wildman–Crippen LogP) is 3.04. The molecule has 0 aliphatic rings. The molecule has 1 heterocycles. The molecule has 0 spiro atoms. The normalized spacial score (nSPS) is 14.0. The smallest absolute Gasteiger partial charge is 0.261 e. The molecule has 1 rings (SSSR count). The standard InChI is InChI=1S/C11H17BrN2OS.ClH/c1-7(2)11(3,6-13)14-10(15)9-4-8(12)5-16-9;/h4-5,7H,6,13H2,1-3H3,(H,14,15);1H. The summed E-state index contributed by atoms with van der Waals surface area (Å²) in [5.41, 5.74) is 5.37. The summed E-state index contributed by atoms with van der Waals surface area (Å²) in [4.78, 5) is 12.7. The van der Waals surface area contributed by atoms with E-state index in [1.54, 1.807) is 0 Å². The number of hydrogen-bond acceptors (Lipinski definition) is 3. The maximum atomic E-state index is 12.0. The van der Waals surface area contributed by atoms with Crippen molar-refractivity contribution in [2.24, 2.45) is 11.7 Å². The average molecular weight is 342 g/mol. The molecule has 98 valence electrons. The van der Waals surface area contributed by atoms with Gasteiger partial charge in [0, 0.05) is 16.4 Å². The SMILES string of the molecule is CC(C)C(C)(CN)NC(=O)c1cc(Br)cs1.Cl. The molecule has 0 aliphatic carbocycles. The van der Waals surface area contributed by atoms with Crippen molar-refractivity contribution in [1.29, 1.82) is 0 Å². The van der Waals surface area contributed by atoms with E-state index in [1.165, 1.54) is 11.3 Å². The Morgan fingerprint density at radius 1 is 1.65 bits per heavy atom. The number of amides is 1. The first-order valence-electron chi connectivity index (χ1n) is 5.15. The third-order valence-corrected chi connectivity index (χ3v) is 4.58. The highest BCUT2D eigenvalue weighted by Crippen LogP contribution is 2.21. The molecule has 0 aromatic carbocycles. The van der Waals surface area contributed by atoms with E-state index in [1.807, 2.05) is 18.4 Å². The number of hydrogen-bond donors (Lipinski definition) is 2. The fraction of sp³-hybridized carbons (Fsp3) is 0.545. The van der Waals surface area contributed by atoms with Crippen LogP contribution in [-0.4, -0.2) is 18.0 Å². The number of nitrogens with two attached hydrogens (primary N) is 1. The van der Waals surface area contributed by atoms with Crippen molar-refractivity contribution in [3.05, 3.63) is 20.8 Å². The van der Waals surface area contributed by atoms with E-state index in [0.29, 0.717) is 17.3 Å². The fourth-order valence-electron chi connectivity index (χ4n) is 1.18. The van der Waals surface area contributed by atoms with Gasteiger partial charge in [-0.15, -0.1) is 23.7 Å². The van der Waals surface area contributed by atoms with Crippen molar-refractivity contribution >= 4 is 45.6 Å².